The van der Waals surface area contributed by atoms with E-state index in [2.05, 4.69) is 27.6 Å². The van der Waals surface area contributed by atoms with Crippen molar-refractivity contribution in [2.75, 3.05) is 12.0 Å². The van der Waals surface area contributed by atoms with Crippen molar-refractivity contribution in [1.82, 2.24) is 10.2 Å². The summed E-state index contributed by atoms with van der Waals surface area (Å²) in [5, 5.41) is 11.1. The predicted octanol–water partition coefficient (Wildman–Crippen LogP) is 2.24. The molecule has 3 aromatic rings. The van der Waals surface area contributed by atoms with Gasteiger partial charge in [0.2, 0.25) is 11.0 Å². The summed E-state index contributed by atoms with van der Waals surface area (Å²) in [5.74, 6) is -0.236. The van der Waals surface area contributed by atoms with Crippen molar-refractivity contribution in [2.24, 2.45) is 11.1 Å². The lowest BCUT2D eigenvalue weighted by atomic mass is 9.70. The van der Waals surface area contributed by atoms with Gasteiger partial charge in [-0.05, 0) is 11.1 Å². The van der Waals surface area contributed by atoms with Crippen molar-refractivity contribution in [3.63, 3.8) is 0 Å². The van der Waals surface area contributed by atoms with Crippen LogP contribution >= 0.6 is 11.3 Å². The largest absolute Gasteiger partial charge is 0.422 e. The first-order chi connectivity index (χ1) is 13.5. The van der Waals surface area contributed by atoms with Crippen LogP contribution in [0.15, 0.2) is 60.1 Å². The molecule has 0 aliphatic heterocycles. The van der Waals surface area contributed by atoms with Gasteiger partial charge < -0.3 is 15.7 Å². The molecule has 8 heteroatoms. The molecule has 1 heterocycles. The second kappa shape index (κ2) is 9.10. The lowest BCUT2D eigenvalue weighted by Gasteiger charge is -2.33. The predicted molar refractivity (Wildman–Crippen MR) is 114 cm³/mol. The number of nitrogens with one attached hydrogen (secondary N) is 1. The highest BCUT2D eigenvalue weighted by atomic mass is 32.1. The van der Waals surface area contributed by atoms with Crippen molar-refractivity contribution >= 4 is 35.3 Å². The number of rotatable bonds is 8. The monoisotopic (exact) mass is 394 g/mol. The average molecular weight is 394 g/mol. The van der Waals surface area contributed by atoms with Crippen LogP contribution in [0.4, 0.5) is 5.13 Å². The Morgan fingerprint density at radius 1 is 1.18 bits per heavy atom. The van der Waals surface area contributed by atoms with Crippen LogP contribution in [0.2, 0.25) is 0 Å². The van der Waals surface area contributed by atoms with Gasteiger partial charge in [0.1, 0.15) is 5.51 Å². The fourth-order valence-electron chi connectivity index (χ4n) is 3.27. The molecule has 1 amide bonds. The SMILES string of the molecule is CC(C)(C(=O)Nc1nncs1)C(c1ccccc1)c1ccc(BOCN)cc1. The zero-order valence-corrected chi connectivity index (χ0v) is 16.8. The minimum absolute atomic E-state index is 0.103. The number of carbonyl (C=O) groups is 1. The fraction of sp³-hybridized carbons (Fsp3) is 0.250. The lowest BCUT2D eigenvalue weighted by Crippen LogP contribution is -2.37. The highest BCUT2D eigenvalue weighted by Gasteiger charge is 2.39. The molecule has 0 aliphatic carbocycles. The van der Waals surface area contributed by atoms with E-state index < -0.39 is 5.41 Å². The van der Waals surface area contributed by atoms with E-state index in [0.29, 0.717) is 12.6 Å². The van der Waals surface area contributed by atoms with Crippen molar-refractivity contribution in [3.05, 3.63) is 71.2 Å². The smallest absolute Gasteiger partial charge is 0.310 e. The van der Waals surface area contributed by atoms with Crippen molar-refractivity contribution in [3.8, 4) is 0 Å². The summed E-state index contributed by atoms with van der Waals surface area (Å²) < 4.78 is 5.27. The maximum Gasteiger partial charge on any atom is 0.310 e. The first-order valence-electron chi connectivity index (χ1n) is 9.01. The molecule has 0 fully saturated rings. The van der Waals surface area contributed by atoms with Gasteiger partial charge in [0.25, 0.3) is 0 Å². The Balaban J connectivity index is 1.93. The highest BCUT2D eigenvalue weighted by Crippen LogP contribution is 2.41. The van der Waals surface area contributed by atoms with E-state index in [0.717, 1.165) is 16.6 Å². The van der Waals surface area contributed by atoms with E-state index in [9.17, 15) is 4.79 Å². The van der Waals surface area contributed by atoms with Crippen molar-refractivity contribution in [2.45, 2.75) is 19.8 Å². The maximum atomic E-state index is 13.1. The normalized spacial score (nSPS) is 12.4. The third kappa shape index (κ3) is 4.65. The van der Waals surface area contributed by atoms with E-state index in [4.69, 9.17) is 10.4 Å². The average Bonchev–Trinajstić information content (AvgIpc) is 3.21. The van der Waals surface area contributed by atoms with Gasteiger partial charge in [0.15, 0.2) is 0 Å². The van der Waals surface area contributed by atoms with Crippen LogP contribution in [0.5, 0.6) is 0 Å². The Morgan fingerprint density at radius 2 is 1.86 bits per heavy atom. The maximum absolute atomic E-state index is 13.1. The van der Waals surface area contributed by atoms with Crippen LogP contribution in [0.25, 0.3) is 0 Å². The van der Waals surface area contributed by atoms with Gasteiger partial charge in [-0.2, -0.15) is 0 Å². The third-order valence-electron chi connectivity index (χ3n) is 4.72. The summed E-state index contributed by atoms with van der Waals surface area (Å²) in [7, 11) is 0.466. The Hall–Kier alpha value is -2.55. The van der Waals surface area contributed by atoms with Gasteiger partial charge >= 0.3 is 7.48 Å². The van der Waals surface area contributed by atoms with Gasteiger partial charge in [-0.3, -0.25) is 4.79 Å². The zero-order chi connectivity index (χ0) is 20.0. The van der Waals surface area contributed by atoms with Crippen LogP contribution in [-0.2, 0) is 9.45 Å². The molecule has 3 N–H and O–H groups in total. The van der Waals surface area contributed by atoms with E-state index in [1.54, 1.807) is 5.51 Å². The number of aromatic nitrogens is 2. The van der Waals surface area contributed by atoms with Crippen LogP contribution < -0.4 is 16.5 Å². The van der Waals surface area contributed by atoms with E-state index in [1.807, 2.05) is 56.3 Å². The van der Waals surface area contributed by atoms with E-state index in [1.165, 1.54) is 11.3 Å². The second-order valence-electron chi connectivity index (χ2n) is 7.02. The number of nitrogens with two attached hydrogens (primary N) is 1. The molecule has 2 aromatic carbocycles. The fourth-order valence-corrected chi connectivity index (χ4v) is 3.71. The summed E-state index contributed by atoms with van der Waals surface area (Å²) >= 11 is 1.30. The number of nitrogens with zero attached hydrogens (tertiary/aromatic N) is 2. The van der Waals surface area contributed by atoms with Crippen LogP contribution in [0.1, 0.15) is 30.9 Å². The molecular formula is C20H23BN4O2S. The summed E-state index contributed by atoms with van der Waals surface area (Å²) in [6, 6.07) is 18.2. The molecule has 0 radical (unpaired) electrons. The standard InChI is InChI=1S/C20H23BN4O2S/c1-20(2,18(26)24-19-25-23-13-28-19)17(14-6-4-3-5-7-14)15-8-10-16(11-9-15)21-27-12-22/h3-11,13,17,21H,12,22H2,1-2H3,(H,24,25,26). The second-order valence-corrected chi connectivity index (χ2v) is 7.85. The van der Waals surface area contributed by atoms with Crippen molar-refractivity contribution < 1.29 is 9.45 Å². The third-order valence-corrected chi connectivity index (χ3v) is 5.33. The summed E-state index contributed by atoms with van der Waals surface area (Å²) in [6.07, 6.45) is 0. The number of hydrogen-bond donors (Lipinski definition) is 2. The number of carbonyl (C=O) groups excluding carboxylic acids is 1. The molecule has 1 unspecified atom stereocenters. The molecular weight excluding hydrogens is 371 g/mol. The molecule has 6 nitrogen and oxygen atoms in total. The van der Waals surface area contributed by atoms with Gasteiger partial charge in [-0.25, -0.2) is 0 Å². The van der Waals surface area contributed by atoms with Gasteiger partial charge in [-0.1, -0.05) is 85.2 Å². The summed E-state index contributed by atoms with van der Waals surface area (Å²) in [4.78, 5) is 13.1. The molecule has 1 aromatic heterocycles. The zero-order valence-electron chi connectivity index (χ0n) is 16.0. The molecule has 0 saturated heterocycles. The molecule has 144 valence electrons. The molecule has 0 spiro atoms. The number of hydrogen-bond acceptors (Lipinski definition) is 6. The Bertz CT molecular complexity index is 886. The van der Waals surface area contributed by atoms with Crippen molar-refractivity contribution in [1.29, 1.82) is 0 Å². The number of amides is 1. The van der Waals surface area contributed by atoms with Crippen LogP contribution in [0.3, 0.4) is 0 Å². The Morgan fingerprint density at radius 3 is 2.46 bits per heavy atom. The molecule has 1 atom stereocenters. The summed E-state index contributed by atoms with van der Waals surface area (Å²) in [6.45, 7) is 4.09. The highest BCUT2D eigenvalue weighted by molar-refractivity contribution is 7.13. The molecule has 3 rings (SSSR count). The topological polar surface area (TPSA) is 90.1 Å². The molecule has 0 aliphatic rings. The minimum atomic E-state index is -0.720. The molecule has 0 bridgehead atoms. The first kappa shape index (κ1) is 20.2. The molecule has 0 saturated carbocycles. The van der Waals surface area contributed by atoms with E-state index >= 15 is 0 Å². The van der Waals surface area contributed by atoms with E-state index in [-0.39, 0.29) is 18.6 Å². The lowest BCUT2D eigenvalue weighted by molar-refractivity contribution is -0.124. The first-order valence-corrected chi connectivity index (χ1v) is 9.89. The van der Waals surface area contributed by atoms with Crippen LogP contribution in [-0.4, -0.2) is 30.3 Å². The molecule has 28 heavy (non-hydrogen) atoms. The Labute approximate surface area is 169 Å². The minimum Gasteiger partial charge on any atom is -0.422 e. The number of benzene rings is 2. The van der Waals surface area contributed by atoms with Gasteiger partial charge in [0.05, 0.1) is 12.1 Å². The number of anilines is 1. The summed E-state index contributed by atoms with van der Waals surface area (Å²) in [5.41, 5.74) is 9.45. The Kier molecular flexibility index (Phi) is 6.56. The quantitative estimate of drug-likeness (QED) is 0.452. The van der Waals surface area contributed by atoms with Gasteiger partial charge in [0, 0.05) is 5.92 Å². The van der Waals surface area contributed by atoms with Gasteiger partial charge in [-0.15, -0.1) is 10.2 Å². The van der Waals surface area contributed by atoms with Crippen LogP contribution in [0, 0.1) is 5.41 Å².